The van der Waals surface area contributed by atoms with E-state index in [0.29, 0.717) is 18.5 Å². The standard InChI is InChI=1S/C20H27N5O6/c1-22-17-16(18(30)23(2)19(22)31)21-11-25(17)12-9-24(10-13(12)26)14(27)7-20(8-15(28)29)5-3-4-6-20/h11-13,26H,3-10H2,1-2H3,(H,28,29)/t12-,13-/m1/s1. The molecule has 0 bridgehead atoms. The first kappa shape index (κ1) is 21.3. The maximum atomic E-state index is 13.0. The van der Waals surface area contributed by atoms with Gasteiger partial charge in [-0.15, -0.1) is 0 Å². The number of hydrogen-bond acceptors (Lipinski definition) is 6. The number of carboxylic acids is 1. The second kappa shape index (κ2) is 7.63. The molecule has 2 aromatic rings. The van der Waals surface area contributed by atoms with E-state index in [2.05, 4.69) is 4.98 Å². The summed E-state index contributed by atoms with van der Waals surface area (Å²) in [5.74, 6) is -1.08. The van der Waals surface area contributed by atoms with Crippen LogP contribution in [-0.2, 0) is 23.7 Å². The Labute approximate surface area is 177 Å². The lowest BCUT2D eigenvalue weighted by Crippen LogP contribution is -2.38. The summed E-state index contributed by atoms with van der Waals surface area (Å²) in [5.41, 5.74) is -1.13. The molecular weight excluding hydrogens is 406 g/mol. The molecule has 31 heavy (non-hydrogen) atoms. The number of carboxylic acid groups (broad SMARTS) is 1. The molecule has 168 valence electrons. The van der Waals surface area contributed by atoms with Crippen LogP contribution in [0.2, 0.25) is 0 Å². The zero-order valence-electron chi connectivity index (χ0n) is 17.7. The molecule has 1 saturated carbocycles. The number of carbonyl (C=O) groups excluding carboxylic acids is 1. The summed E-state index contributed by atoms with van der Waals surface area (Å²) in [6.07, 6.45) is 3.87. The number of nitrogens with zero attached hydrogens (tertiary/aromatic N) is 5. The minimum atomic E-state index is -0.903. The molecule has 2 aliphatic rings. The zero-order valence-corrected chi connectivity index (χ0v) is 17.7. The fraction of sp³-hybridized carbons (Fsp3) is 0.650. The Hall–Kier alpha value is -2.95. The number of amides is 1. The van der Waals surface area contributed by atoms with Crippen molar-refractivity contribution >= 4 is 23.0 Å². The third-order valence-corrected chi connectivity index (χ3v) is 6.85. The van der Waals surface area contributed by atoms with Gasteiger partial charge in [0.05, 0.1) is 24.9 Å². The molecule has 4 rings (SSSR count). The number of imidazole rings is 1. The topological polar surface area (TPSA) is 140 Å². The number of fused-ring (bicyclic) bond motifs is 1. The maximum Gasteiger partial charge on any atom is 0.332 e. The van der Waals surface area contributed by atoms with Gasteiger partial charge in [-0.1, -0.05) is 12.8 Å². The summed E-state index contributed by atoms with van der Waals surface area (Å²) in [6, 6.07) is -0.564. The van der Waals surface area contributed by atoms with E-state index < -0.39 is 34.8 Å². The first-order valence-corrected chi connectivity index (χ1v) is 10.4. The van der Waals surface area contributed by atoms with Crippen LogP contribution >= 0.6 is 0 Å². The van der Waals surface area contributed by atoms with Gasteiger partial charge in [0.25, 0.3) is 5.56 Å². The fourth-order valence-corrected chi connectivity index (χ4v) is 5.18. The monoisotopic (exact) mass is 433 g/mol. The second-order valence-electron chi connectivity index (χ2n) is 8.92. The molecule has 2 N–H and O–H groups in total. The number of β-amino-alcohol motifs (C(OH)–C–C–N with tert-alkyl or cyclic N) is 1. The molecule has 11 nitrogen and oxygen atoms in total. The molecule has 2 atom stereocenters. The van der Waals surface area contributed by atoms with Crippen LogP contribution in [0.25, 0.3) is 11.2 Å². The molecule has 1 aliphatic heterocycles. The second-order valence-corrected chi connectivity index (χ2v) is 8.92. The Bertz CT molecular complexity index is 1160. The van der Waals surface area contributed by atoms with Gasteiger partial charge in [0.2, 0.25) is 5.91 Å². The Morgan fingerprint density at radius 1 is 1.13 bits per heavy atom. The van der Waals surface area contributed by atoms with E-state index in [1.165, 1.54) is 25.0 Å². The minimum Gasteiger partial charge on any atom is -0.481 e. The largest absolute Gasteiger partial charge is 0.481 e. The highest BCUT2D eigenvalue weighted by atomic mass is 16.4. The van der Waals surface area contributed by atoms with Gasteiger partial charge < -0.3 is 19.7 Å². The molecule has 0 radical (unpaired) electrons. The van der Waals surface area contributed by atoms with E-state index in [4.69, 9.17) is 0 Å². The number of rotatable bonds is 5. The summed E-state index contributed by atoms with van der Waals surface area (Å²) in [7, 11) is 2.91. The van der Waals surface area contributed by atoms with Gasteiger partial charge in [-0.3, -0.25) is 23.5 Å². The van der Waals surface area contributed by atoms with E-state index in [9.17, 15) is 29.4 Å². The lowest BCUT2D eigenvalue weighted by atomic mass is 9.79. The molecule has 1 saturated heterocycles. The van der Waals surface area contributed by atoms with E-state index in [1.54, 1.807) is 9.47 Å². The number of likely N-dealkylation sites (tertiary alicyclic amines) is 1. The van der Waals surface area contributed by atoms with Crippen molar-refractivity contribution in [1.29, 1.82) is 0 Å². The molecular formula is C20H27N5O6. The van der Waals surface area contributed by atoms with Crippen LogP contribution in [0.5, 0.6) is 0 Å². The molecule has 2 aromatic heterocycles. The van der Waals surface area contributed by atoms with Gasteiger partial charge in [-0.25, -0.2) is 9.78 Å². The fourth-order valence-electron chi connectivity index (χ4n) is 5.18. The van der Waals surface area contributed by atoms with Crippen molar-refractivity contribution in [3.8, 4) is 0 Å². The van der Waals surface area contributed by atoms with Crippen LogP contribution in [0.1, 0.15) is 44.6 Å². The van der Waals surface area contributed by atoms with Gasteiger partial charge in [0.1, 0.15) is 5.65 Å². The van der Waals surface area contributed by atoms with Crippen molar-refractivity contribution in [3.05, 3.63) is 27.2 Å². The summed E-state index contributed by atoms with van der Waals surface area (Å²) < 4.78 is 3.87. The Morgan fingerprint density at radius 3 is 2.45 bits per heavy atom. The molecule has 0 unspecified atom stereocenters. The van der Waals surface area contributed by atoms with E-state index in [0.717, 1.165) is 17.4 Å². The van der Waals surface area contributed by atoms with Crippen molar-refractivity contribution in [2.75, 3.05) is 13.1 Å². The lowest BCUT2D eigenvalue weighted by Gasteiger charge is -2.29. The molecule has 2 fully saturated rings. The van der Waals surface area contributed by atoms with Crippen molar-refractivity contribution in [2.24, 2.45) is 19.5 Å². The van der Waals surface area contributed by atoms with Gasteiger partial charge in [-0.05, 0) is 18.3 Å². The molecule has 0 aromatic carbocycles. The molecule has 1 aliphatic carbocycles. The first-order chi connectivity index (χ1) is 14.6. The third-order valence-electron chi connectivity index (χ3n) is 6.85. The smallest absolute Gasteiger partial charge is 0.332 e. The SMILES string of the molecule is Cn1c(=O)c2ncn([C@@H]3CN(C(=O)CC4(CC(=O)O)CCCC4)C[C@H]3O)c2n(C)c1=O. The molecule has 0 spiro atoms. The quantitative estimate of drug-likeness (QED) is 0.654. The van der Waals surface area contributed by atoms with Crippen LogP contribution in [0.4, 0.5) is 0 Å². The van der Waals surface area contributed by atoms with Crippen molar-refractivity contribution < 1.29 is 19.8 Å². The maximum absolute atomic E-state index is 13.0. The van der Waals surface area contributed by atoms with Gasteiger partial charge >= 0.3 is 11.7 Å². The minimum absolute atomic E-state index is 0.0316. The number of aliphatic hydroxyl groups excluding tert-OH is 1. The zero-order chi connectivity index (χ0) is 22.5. The average Bonchev–Trinajstić information content (AvgIpc) is 3.42. The van der Waals surface area contributed by atoms with Crippen LogP contribution in [0.3, 0.4) is 0 Å². The number of aryl methyl sites for hydroxylation is 1. The third kappa shape index (κ3) is 3.56. The highest BCUT2D eigenvalue weighted by Gasteiger charge is 2.42. The highest BCUT2D eigenvalue weighted by Crippen LogP contribution is 2.44. The Kier molecular flexibility index (Phi) is 5.24. The summed E-state index contributed by atoms with van der Waals surface area (Å²) in [5, 5.41) is 20.0. The summed E-state index contributed by atoms with van der Waals surface area (Å²) in [4.78, 5) is 54.8. The molecule has 1 amide bonds. The van der Waals surface area contributed by atoms with Gasteiger partial charge in [0.15, 0.2) is 5.52 Å². The van der Waals surface area contributed by atoms with Crippen LogP contribution in [0.15, 0.2) is 15.9 Å². The average molecular weight is 433 g/mol. The normalized spacial score (nSPS) is 23.0. The predicted molar refractivity (Wildman–Crippen MR) is 110 cm³/mol. The predicted octanol–water partition coefficient (Wildman–Crippen LogP) is -0.397. The van der Waals surface area contributed by atoms with Gasteiger partial charge in [0, 0.05) is 33.6 Å². The van der Waals surface area contributed by atoms with Crippen molar-refractivity contribution in [3.63, 3.8) is 0 Å². The summed E-state index contributed by atoms with van der Waals surface area (Å²) >= 11 is 0. The highest BCUT2D eigenvalue weighted by molar-refractivity contribution is 5.79. The molecule has 3 heterocycles. The Balaban J connectivity index is 1.60. The number of aliphatic carboxylic acids is 1. The first-order valence-electron chi connectivity index (χ1n) is 10.4. The summed E-state index contributed by atoms with van der Waals surface area (Å²) in [6.45, 7) is 0.295. The number of carbonyl (C=O) groups is 2. The van der Waals surface area contributed by atoms with Crippen LogP contribution in [0, 0.1) is 5.41 Å². The number of aliphatic hydroxyl groups is 1. The van der Waals surface area contributed by atoms with E-state index in [-0.39, 0.29) is 37.4 Å². The number of aromatic nitrogens is 4. The van der Waals surface area contributed by atoms with Crippen LogP contribution in [-0.4, -0.2) is 64.9 Å². The van der Waals surface area contributed by atoms with Crippen LogP contribution < -0.4 is 11.2 Å². The number of hydrogen-bond donors (Lipinski definition) is 2. The Morgan fingerprint density at radius 2 is 1.81 bits per heavy atom. The van der Waals surface area contributed by atoms with E-state index in [1.807, 2.05) is 0 Å². The van der Waals surface area contributed by atoms with Gasteiger partial charge in [-0.2, -0.15) is 0 Å². The van der Waals surface area contributed by atoms with Crippen molar-refractivity contribution in [1.82, 2.24) is 23.6 Å². The van der Waals surface area contributed by atoms with E-state index >= 15 is 0 Å². The lowest BCUT2D eigenvalue weighted by molar-refractivity contribution is -0.141. The molecule has 11 heteroatoms. The van der Waals surface area contributed by atoms with Crippen molar-refractivity contribution in [2.45, 2.75) is 50.7 Å².